The van der Waals surface area contributed by atoms with Crippen LogP contribution in [0.2, 0.25) is 0 Å². The normalized spacial score (nSPS) is 21.7. The third kappa shape index (κ3) is 3.63. The first kappa shape index (κ1) is 14.5. The first-order chi connectivity index (χ1) is 10.3. The lowest BCUT2D eigenvalue weighted by atomic mass is 10.0. The maximum atomic E-state index is 12.5. The second kappa shape index (κ2) is 6.58. The Morgan fingerprint density at radius 2 is 2.38 bits per heavy atom. The molecule has 116 valence electrons. The minimum absolute atomic E-state index is 0.000622. The minimum Gasteiger partial charge on any atom is -0.381 e. The Morgan fingerprint density at radius 3 is 3.10 bits per heavy atom. The third-order valence-electron chi connectivity index (χ3n) is 4.21. The summed E-state index contributed by atoms with van der Waals surface area (Å²) in [5.74, 6) is 1.01. The van der Waals surface area contributed by atoms with Crippen LogP contribution in [0.3, 0.4) is 0 Å². The highest BCUT2D eigenvalue weighted by atomic mass is 16.5. The van der Waals surface area contributed by atoms with Crippen molar-refractivity contribution in [3.8, 4) is 0 Å². The van der Waals surface area contributed by atoms with Gasteiger partial charge in [0.2, 0.25) is 0 Å². The summed E-state index contributed by atoms with van der Waals surface area (Å²) < 4.78 is 11.0. The minimum atomic E-state index is 0.000622. The topological polar surface area (TPSA) is 67.5 Å². The second-order valence-corrected chi connectivity index (χ2v) is 6.00. The van der Waals surface area contributed by atoms with E-state index in [9.17, 15) is 4.79 Å². The predicted molar refractivity (Wildman–Crippen MR) is 77.3 cm³/mol. The number of amides is 1. The van der Waals surface area contributed by atoms with Gasteiger partial charge in [-0.3, -0.25) is 9.89 Å². The van der Waals surface area contributed by atoms with Gasteiger partial charge in [-0.2, -0.15) is 5.10 Å². The Morgan fingerprint density at radius 1 is 1.52 bits per heavy atom. The van der Waals surface area contributed by atoms with Crippen molar-refractivity contribution in [2.24, 2.45) is 5.92 Å². The number of aromatic amines is 1. The molecular weight excluding hydrogens is 270 g/mol. The van der Waals surface area contributed by atoms with Crippen molar-refractivity contribution in [1.29, 1.82) is 0 Å². The Kier molecular flexibility index (Phi) is 4.55. The number of aromatic nitrogens is 2. The average molecular weight is 293 g/mol. The van der Waals surface area contributed by atoms with Gasteiger partial charge < -0.3 is 14.4 Å². The molecule has 1 N–H and O–H groups in total. The molecule has 1 aliphatic heterocycles. The SMILES string of the molecule is CN(CCOCC1CC1)C(=O)c1cn[nH]c1[C@@H]1CCOC1. The van der Waals surface area contributed by atoms with Gasteiger partial charge in [-0.1, -0.05) is 0 Å². The Labute approximate surface area is 124 Å². The van der Waals surface area contributed by atoms with E-state index in [0.29, 0.717) is 25.3 Å². The molecule has 0 aromatic carbocycles. The first-order valence-corrected chi connectivity index (χ1v) is 7.70. The summed E-state index contributed by atoms with van der Waals surface area (Å²) in [6, 6.07) is 0. The quantitative estimate of drug-likeness (QED) is 0.772. The molecule has 2 fully saturated rings. The fourth-order valence-corrected chi connectivity index (χ4v) is 2.58. The van der Waals surface area contributed by atoms with E-state index in [1.807, 2.05) is 7.05 Å². The smallest absolute Gasteiger partial charge is 0.257 e. The number of hydrogen-bond acceptors (Lipinski definition) is 4. The molecule has 21 heavy (non-hydrogen) atoms. The number of likely N-dealkylation sites (N-methyl/N-ethyl adjacent to an activating group) is 1. The Hall–Kier alpha value is -1.40. The van der Waals surface area contributed by atoms with Crippen molar-refractivity contribution in [2.75, 3.05) is 40.0 Å². The molecule has 0 unspecified atom stereocenters. The summed E-state index contributed by atoms with van der Waals surface area (Å²) in [5.41, 5.74) is 1.57. The predicted octanol–water partition coefficient (Wildman–Crippen LogP) is 1.41. The van der Waals surface area contributed by atoms with Crippen molar-refractivity contribution in [3.63, 3.8) is 0 Å². The fourth-order valence-electron chi connectivity index (χ4n) is 2.58. The zero-order valence-electron chi connectivity index (χ0n) is 12.5. The van der Waals surface area contributed by atoms with Gasteiger partial charge in [-0.05, 0) is 25.2 Å². The van der Waals surface area contributed by atoms with Crippen LogP contribution in [0.25, 0.3) is 0 Å². The molecule has 2 heterocycles. The van der Waals surface area contributed by atoms with Crippen LogP contribution in [-0.2, 0) is 9.47 Å². The van der Waals surface area contributed by atoms with Crippen LogP contribution in [0.1, 0.15) is 41.2 Å². The van der Waals surface area contributed by atoms with Crippen molar-refractivity contribution in [2.45, 2.75) is 25.2 Å². The maximum absolute atomic E-state index is 12.5. The molecule has 6 heteroatoms. The molecule has 1 aromatic heterocycles. The summed E-state index contributed by atoms with van der Waals surface area (Å²) >= 11 is 0. The average Bonchev–Trinajstić information content (AvgIpc) is 2.97. The van der Waals surface area contributed by atoms with Gasteiger partial charge in [-0.15, -0.1) is 0 Å². The molecule has 0 radical (unpaired) electrons. The summed E-state index contributed by atoms with van der Waals surface area (Å²) in [7, 11) is 1.81. The molecule has 1 aromatic rings. The number of nitrogens with zero attached hydrogens (tertiary/aromatic N) is 2. The lowest BCUT2D eigenvalue weighted by Gasteiger charge is -2.18. The zero-order chi connectivity index (χ0) is 14.7. The van der Waals surface area contributed by atoms with E-state index in [1.165, 1.54) is 12.8 Å². The van der Waals surface area contributed by atoms with E-state index in [-0.39, 0.29) is 11.8 Å². The number of ether oxygens (including phenoxy) is 2. The molecular formula is C15H23N3O3. The fraction of sp³-hybridized carbons (Fsp3) is 0.733. The highest BCUT2D eigenvalue weighted by molar-refractivity contribution is 5.95. The lowest BCUT2D eigenvalue weighted by Crippen LogP contribution is -2.31. The van der Waals surface area contributed by atoms with Gasteiger partial charge >= 0.3 is 0 Å². The second-order valence-electron chi connectivity index (χ2n) is 6.00. The number of carbonyl (C=O) groups is 1. The van der Waals surface area contributed by atoms with E-state index in [2.05, 4.69) is 10.2 Å². The van der Waals surface area contributed by atoms with Gasteiger partial charge in [0.05, 0.1) is 30.7 Å². The van der Waals surface area contributed by atoms with Gasteiger partial charge in [-0.25, -0.2) is 0 Å². The van der Waals surface area contributed by atoms with Crippen molar-refractivity contribution >= 4 is 5.91 Å². The molecule has 6 nitrogen and oxygen atoms in total. The summed E-state index contributed by atoms with van der Waals surface area (Å²) in [4.78, 5) is 14.2. The van der Waals surface area contributed by atoms with Gasteiger partial charge in [0.25, 0.3) is 5.91 Å². The number of hydrogen-bond donors (Lipinski definition) is 1. The largest absolute Gasteiger partial charge is 0.381 e. The molecule has 1 aliphatic carbocycles. The van der Waals surface area contributed by atoms with Crippen LogP contribution in [0, 0.1) is 5.92 Å². The summed E-state index contributed by atoms with van der Waals surface area (Å²) in [5, 5.41) is 7.00. The summed E-state index contributed by atoms with van der Waals surface area (Å²) in [6.45, 7) is 3.45. The molecule has 3 rings (SSSR count). The van der Waals surface area contributed by atoms with Gasteiger partial charge in [0.1, 0.15) is 0 Å². The molecule has 0 bridgehead atoms. The third-order valence-corrected chi connectivity index (χ3v) is 4.21. The van der Waals surface area contributed by atoms with Crippen molar-refractivity contribution in [1.82, 2.24) is 15.1 Å². The first-order valence-electron chi connectivity index (χ1n) is 7.70. The van der Waals surface area contributed by atoms with Gasteiger partial charge in [0.15, 0.2) is 0 Å². The molecule has 1 saturated heterocycles. The monoisotopic (exact) mass is 293 g/mol. The number of carbonyl (C=O) groups excluding carboxylic acids is 1. The van der Waals surface area contributed by atoms with E-state index in [4.69, 9.17) is 9.47 Å². The van der Waals surface area contributed by atoms with E-state index in [0.717, 1.165) is 31.2 Å². The maximum Gasteiger partial charge on any atom is 0.257 e. The van der Waals surface area contributed by atoms with E-state index in [1.54, 1.807) is 11.1 Å². The zero-order valence-corrected chi connectivity index (χ0v) is 12.5. The molecule has 1 atom stereocenters. The van der Waals surface area contributed by atoms with Crippen LogP contribution >= 0.6 is 0 Å². The van der Waals surface area contributed by atoms with Crippen LogP contribution < -0.4 is 0 Å². The van der Waals surface area contributed by atoms with E-state index >= 15 is 0 Å². The number of H-pyrrole nitrogens is 1. The lowest BCUT2D eigenvalue weighted by molar-refractivity contribution is 0.0679. The van der Waals surface area contributed by atoms with Crippen LogP contribution in [-0.4, -0.2) is 61.0 Å². The van der Waals surface area contributed by atoms with Gasteiger partial charge in [0, 0.05) is 32.7 Å². The number of rotatable bonds is 7. The molecule has 0 spiro atoms. The summed E-state index contributed by atoms with van der Waals surface area (Å²) in [6.07, 6.45) is 5.14. The molecule has 1 amide bonds. The van der Waals surface area contributed by atoms with Crippen LogP contribution in [0.4, 0.5) is 0 Å². The molecule has 1 saturated carbocycles. The molecule has 2 aliphatic rings. The highest BCUT2D eigenvalue weighted by Gasteiger charge is 2.26. The Balaban J connectivity index is 1.52. The van der Waals surface area contributed by atoms with E-state index < -0.39 is 0 Å². The highest BCUT2D eigenvalue weighted by Crippen LogP contribution is 2.29. The Bertz CT molecular complexity index is 478. The van der Waals surface area contributed by atoms with Crippen molar-refractivity contribution < 1.29 is 14.3 Å². The van der Waals surface area contributed by atoms with Crippen LogP contribution in [0.15, 0.2) is 6.20 Å². The van der Waals surface area contributed by atoms with Crippen LogP contribution in [0.5, 0.6) is 0 Å². The van der Waals surface area contributed by atoms with Crippen molar-refractivity contribution in [3.05, 3.63) is 17.5 Å². The number of nitrogens with one attached hydrogen (secondary N) is 1. The standard InChI is InChI=1S/C15H23N3O3/c1-18(5-7-21-9-11-2-3-11)15(19)13-8-16-17-14(13)12-4-6-20-10-12/h8,11-12H,2-7,9-10H2,1H3,(H,16,17)/t12-/m1/s1.